The number of esters is 1. The molecule has 1 fully saturated rings. The van der Waals surface area contributed by atoms with Gasteiger partial charge in [-0.3, -0.25) is 4.79 Å². The van der Waals surface area contributed by atoms with Crippen LogP contribution in [0.2, 0.25) is 0 Å². The highest BCUT2D eigenvalue weighted by Gasteiger charge is 2.39. The lowest BCUT2D eigenvalue weighted by molar-refractivity contribution is -0.154. The molecule has 1 aliphatic heterocycles. The molecular formula is C20H19BrFNO4. The van der Waals surface area contributed by atoms with Gasteiger partial charge in [-0.05, 0) is 17.7 Å². The van der Waals surface area contributed by atoms with Crippen LogP contribution in [0.15, 0.2) is 53.0 Å². The maximum atomic E-state index is 13.8. The summed E-state index contributed by atoms with van der Waals surface area (Å²) in [5.41, 5.74) is 1.05. The third-order valence-corrected chi connectivity index (χ3v) is 5.27. The van der Waals surface area contributed by atoms with E-state index >= 15 is 0 Å². The minimum atomic E-state index is -0.873. The van der Waals surface area contributed by atoms with Crippen LogP contribution in [-0.4, -0.2) is 40.6 Å². The highest BCUT2D eigenvalue weighted by Crippen LogP contribution is 2.23. The van der Waals surface area contributed by atoms with Crippen LogP contribution in [0, 0.1) is 5.82 Å². The summed E-state index contributed by atoms with van der Waals surface area (Å²) in [5.74, 6) is -1.47. The zero-order chi connectivity index (χ0) is 19.4. The summed E-state index contributed by atoms with van der Waals surface area (Å²) in [6, 6.07) is 12.5. The molecule has 0 spiro atoms. The third-order valence-electron chi connectivity index (χ3n) is 4.50. The van der Waals surface area contributed by atoms with Crippen molar-refractivity contribution in [2.24, 2.45) is 0 Å². The van der Waals surface area contributed by atoms with Crippen molar-refractivity contribution in [1.29, 1.82) is 0 Å². The van der Waals surface area contributed by atoms with Crippen molar-refractivity contribution in [3.8, 4) is 0 Å². The molecule has 2 atom stereocenters. The fraction of sp³-hybridized carbons (Fsp3) is 0.300. The highest BCUT2D eigenvalue weighted by atomic mass is 79.9. The molecule has 1 saturated heterocycles. The topological polar surface area (TPSA) is 66.8 Å². The van der Waals surface area contributed by atoms with Gasteiger partial charge >= 0.3 is 5.97 Å². The molecule has 1 heterocycles. The number of carbonyl (C=O) groups excluding carboxylic acids is 2. The Kier molecular flexibility index (Phi) is 6.23. The van der Waals surface area contributed by atoms with E-state index in [9.17, 15) is 19.1 Å². The summed E-state index contributed by atoms with van der Waals surface area (Å²) < 4.78 is 20.0. The van der Waals surface area contributed by atoms with Crippen LogP contribution >= 0.6 is 15.9 Å². The predicted molar refractivity (Wildman–Crippen MR) is 100 cm³/mol. The molecule has 7 heteroatoms. The van der Waals surface area contributed by atoms with Crippen LogP contribution in [0.1, 0.15) is 17.5 Å². The molecule has 2 aromatic carbocycles. The van der Waals surface area contributed by atoms with Crippen LogP contribution < -0.4 is 0 Å². The van der Waals surface area contributed by atoms with E-state index in [4.69, 9.17) is 4.74 Å². The monoisotopic (exact) mass is 435 g/mol. The number of halogens is 2. The van der Waals surface area contributed by atoms with E-state index in [1.807, 2.05) is 24.3 Å². The second-order valence-electron chi connectivity index (χ2n) is 6.42. The zero-order valence-electron chi connectivity index (χ0n) is 14.5. The minimum Gasteiger partial charge on any atom is -0.459 e. The molecule has 5 nitrogen and oxygen atoms in total. The van der Waals surface area contributed by atoms with Crippen LogP contribution in [0.3, 0.4) is 0 Å². The molecule has 0 aromatic heterocycles. The Labute approximate surface area is 164 Å². The number of aliphatic hydroxyl groups is 1. The first-order chi connectivity index (χ1) is 13.0. The Hall–Kier alpha value is -2.25. The Morgan fingerprint density at radius 3 is 2.52 bits per heavy atom. The molecule has 0 bridgehead atoms. The fourth-order valence-electron chi connectivity index (χ4n) is 3.08. The van der Waals surface area contributed by atoms with E-state index in [2.05, 4.69) is 15.9 Å². The molecule has 1 N–H and O–H groups in total. The summed E-state index contributed by atoms with van der Waals surface area (Å²) >= 11 is 3.39. The molecule has 1 aliphatic rings. The quantitative estimate of drug-likeness (QED) is 0.733. The molecule has 27 heavy (non-hydrogen) atoms. The van der Waals surface area contributed by atoms with Gasteiger partial charge in [0.05, 0.1) is 12.5 Å². The number of rotatable bonds is 5. The number of aliphatic hydroxyl groups excluding tert-OH is 1. The van der Waals surface area contributed by atoms with Crippen molar-refractivity contribution >= 4 is 27.8 Å². The largest absolute Gasteiger partial charge is 0.459 e. The van der Waals surface area contributed by atoms with Gasteiger partial charge in [0.25, 0.3) is 0 Å². The SMILES string of the molecule is O=C(OCc1ccccc1Br)C1CC(O)CN1C(=O)Cc1ccccc1F. The second kappa shape index (κ2) is 8.63. The number of hydrogen-bond donors (Lipinski definition) is 1. The molecule has 1 amide bonds. The Balaban J connectivity index is 1.66. The van der Waals surface area contributed by atoms with Crippen molar-refractivity contribution in [2.75, 3.05) is 6.54 Å². The van der Waals surface area contributed by atoms with Crippen LogP contribution in [0.4, 0.5) is 4.39 Å². The maximum absolute atomic E-state index is 13.8. The van der Waals surface area contributed by atoms with E-state index < -0.39 is 29.8 Å². The van der Waals surface area contributed by atoms with Gasteiger partial charge in [-0.2, -0.15) is 0 Å². The van der Waals surface area contributed by atoms with Gasteiger partial charge < -0.3 is 14.7 Å². The van der Waals surface area contributed by atoms with E-state index in [0.717, 1.165) is 10.0 Å². The Morgan fingerprint density at radius 1 is 1.15 bits per heavy atom. The van der Waals surface area contributed by atoms with Crippen molar-refractivity contribution < 1.29 is 23.8 Å². The number of carbonyl (C=O) groups is 2. The molecular weight excluding hydrogens is 417 g/mol. The summed E-state index contributed by atoms with van der Waals surface area (Å²) in [7, 11) is 0. The summed E-state index contributed by atoms with van der Waals surface area (Å²) in [5, 5.41) is 9.93. The lowest BCUT2D eigenvalue weighted by Crippen LogP contribution is -2.42. The Morgan fingerprint density at radius 2 is 1.81 bits per heavy atom. The second-order valence-corrected chi connectivity index (χ2v) is 7.27. The first kappa shape index (κ1) is 19.5. The van der Waals surface area contributed by atoms with Gasteiger partial charge in [0.15, 0.2) is 0 Å². The molecule has 142 valence electrons. The standard InChI is InChI=1S/C20H19BrFNO4/c21-16-7-3-1-6-14(16)12-27-20(26)18-10-15(24)11-23(18)19(25)9-13-5-2-4-8-17(13)22/h1-8,15,18,24H,9-12H2. The van der Waals surface area contributed by atoms with Crippen LogP contribution in [0.5, 0.6) is 0 Å². The summed E-state index contributed by atoms with van der Waals surface area (Å²) in [6.45, 7) is 0.0876. The summed E-state index contributed by atoms with van der Waals surface area (Å²) in [6.07, 6.45) is -0.874. The van der Waals surface area contributed by atoms with E-state index in [0.29, 0.717) is 0 Å². The van der Waals surface area contributed by atoms with E-state index in [1.165, 1.54) is 17.0 Å². The first-order valence-electron chi connectivity index (χ1n) is 8.56. The van der Waals surface area contributed by atoms with Crippen molar-refractivity contribution in [3.05, 3.63) is 69.9 Å². The molecule has 2 aromatic rings. The number of β-amino-alcohol motifs (C(OH)–C–C–N with tert-alkyl or cyclic N) is 1. The maximum Gasteiger partial charge on any atom is 0.329 e. The first-order valence-corrected chi connectivity index (χ1v) is 9.36. The number of likely N-dealkylation sites (tertiary alicyclic amines) is 1. The number of benzene rings is 2. The summed E-state index contributed by atoms with van der Waals surface area (Å²) in [4.78, 5) is 26.4. The van der Waals surface area contributed by atoms with Gasteiger partial charge in [0, 0.05) is 23.0 Å². The molecule has 3 rings (SSSR count). The third kappa shape index (κ3) is 4.73. The van der Waals surface area contributed by atoms with Gasteiger partial charge in [0.1, 0.15) is 18.5 Å². The van der Waals surface area contributed by atoms with Crippen LogP contribution in [-0.2, 0) is 27.4 Å². The number of ether oxygens (including phenoxy) is 1. The predicted octanol–water partition coefficient (Wildman–Crippen LogP) is 2.84. The van der Waals surface area contributed by atoms with Gasteiger partial charge in [-0.25, -0.2) is 9.18 Å². The number of hydrogen-bond acceptors (Lipinski definition) is 4. The molecule has 2 unspecified atom stereocenters. The molecule has 0 radical (unpaired) electrons. The smallest absolute Gasteiger partial charge is 0.329 e. The molecule has 0 saturated carbocycles. The van der Waals surface area contributed by atoms with Crippen molar-refractivity contribution in [1.82, 2.24) is 4.90 Å². The number of nitrogens with zero attached hydrogens (tertiary/aromatic N) is 1. The van der Waals surface area contributed by atoms with Gasteiger partial charge in [0.2, 0.25) is 5.91 Å². The lowest BCUT2D eigenvalue weighted by atomic mass is 10.1. The van der Waals surface area contributed by atoms with E-state index in [1.54, 1.807) is 12.1 Å². The van der Waals surface area contributed by atoms with Crippen LogP contribution in [0.25, 0.3) is 0 Å². The van der Waals surface area contributed by atoms with Gasteiger partial charge in [-0.1, -0.05) is 52.3 Å². The average Bonchev–Trinajstić information content (AvgIpc) is 3.05. The fourth-order valence-corrected chi connectivity index (χ4v) is 3.48. The highest BCUT2D eigenvalue weighted by molar-refractivity contribution is 9.10. The normalized spacial score (nSPS) is 19.1. The number of amides is 1. The average molecular weight is 436 g/mol. The zero-order valence-corrected chi connectivity index (χ0v) is 16.1. The van der Waals surface area contributed by atoms with E-state index in [-0.39, 0.29) is 31.6 Å². The van der Waals surface area contributed by atoms with Gasteiger partial charge in [-0.15, -0.1) is 0 Å². The van der Waals surface area contributed by atoms with Crippen molar-refractivity contribution in [3.63, 3.8) is 0 Å². The van der Waals surface area contributed by atoms with Crippen molar-refractivity contribution in [2.45, 2.75) is 31.6 Å². The molecule has 0 aliphatic carbocycles. The lowest BCUT2D eigenvalue weighted by Gasteiger charge is -2.23. The minimum absolute atomic E-state index is 0.0298. The Bertz CT molecular complexity index is 844.